The van der Waals surface area contributed by atoms with Gasteiger partial charge < -0.3 is 10.3 Å². The molecule has 0 spiro atoms. The molecule has 0 aromatic carbocycles. The van der Waals surface area contributed by atoms with Crippen LogP contribution in [0.2, 0.25) is 0 Å². The fraction of sp³-hybridized carbons (Fsp3) is 0.364. The first kappa shape index (κ1) is 12.7. The van der Waals surface area contributed by atoms with Crippen molar-refractivity contribution in [3.63, 3.8) is 0 Å². The maximum absolute atomic E-state index is 10.3. The second-order valence-electron chi connectivity index (χ2n) is 2.37. The minimum atomic E-state index is 0.763. The van der Waals surface area contributed by atoms with E-state index in [-0.39, 0.29) is 0 Å². The van der Waals surface area contributed by atoms with Crippen LogP contribution in [0.1, 0.15) is 29.9 Å². The Morgan fingerprint density at radius 2 is 2.07 bits per heavy atom. The summed E-state index contributed by atoms with van der Waals surface area (Å²) in [7, 11) is 1.50. The van der Waals surface area contributed by atoms with Crippen molar-refractivity contribution in [2.75, 3.05) is 7.05 Å². The summed E-state index contributed by atoms with van der Waals surface area (Å²) in [5, 5.41) is 0. The number of nitrogens with zero attached hydrogens (tertiary/aromatic N) is 1. The van der Waals surface area contributed by atoms with Crippen LogP contribution < -0.4 is 5.73 Å². The van der Waals surface area contributed by atoms with Gasteiger partial charge in [-0.25, -0.2) is 0 Å². The van der Waals surface area contributed by atoms with E-state index in [9.17, 15) is 4.79 Å². The Labute approximate surface area is 85.2 Å². The molecule has 0 saturated carbocycles. The quantitative estimate of drug-likeness (QED) is 0.694. The summed E-state index contributed by atoms with van der Waals surface area (Å²) in [6.45, 7) is 4.91. The Hall–Kier alpha value is -1.35. The van der Waals surface area contributed by atoms with Gasteiger partial charge in [-0.3, -0.25) is 4.79 Å². The summed E-state index contributed by atoms with van der Waals surface area (Å²) in [6, 6.07) is 1.89. The van der Waals surface area contributed by atoms with Crippen molar-refractivity contribution in [3.8, 4) is 0 Å². The van der Waals surface area contributed by atoms with Crippen molar-refractivity contribution in [2.24, 2.45) is 5.73 Å². The smallest absolute Gasteiger partial charge is 0.151 e. The number of carbonyl (C=O) groups is 1. The summed E-state index contributed by atoms with van der Waals surface area (Å²) in [5.74, 6) is 0. The molecule has 0 fully saturated rings. The largest absolute Gasteiger partial charge is 0.343 e. The zero-order valence-electron chi connectivity index (χ0n) is 9.03. The maximum Gasteiger partial charge on any atom is 0.151 e. The lowest BCUT2D eigenvalue weighted by Gasteiger charge is -1.91. The van der Waals surface area contributed by atoms with Crippen LogP contribution in [0.3, 0.4) is 0 Å². The molecule has 1 aromatic heterocycles. The molecule has 1 aliphatic rings. The van der Waals surface area contributed by atoms with Gasteiger partial charge in [-0.05, 0) is 19.2 Å². The van der Waals surface area contributed by atoms with Crippen LogP contribution in [0.25, 0.3) is 6.08 Å². The maximum atomic E-state index is 10.3. The molecular weight excluding hydrogens is 176 g/mol. The third-order valence-electron chi connectivity index (χ3n) is 1.68. The van der Waals surface area contributed by atoms with Gasteiger partial charge in [-0.1, -0.05) is 19.9 Å². The molecular formula is C11H18N2O. The number of aromatic nitrogens is 1. The van der Waals surface area contributed by atoms with Gasteiger partial charge >= 0.3 is 0 Å². The van der Waals surface area contributed by atoms with Gasteiger partial charge in [-0.2, -0.15) is 0 Å². The molecule has 0 atom stereocenters. The highest BCUT2D eigenvalue weighted by Gasteiger charge is 2.04. The Morgan fingerprint density at radius 1 is 1.43 bits per heavy atom. The van der Waals surface area contributed by atoms with Crippen molar-refractivity contribution < 1.29 is 4.79 Å². The van der Waals surface area contributed by atoms with Crippen LogP contribution in [-0.2, 0) is 6.54 Å². The molecule has 2 heterocycles. The zero-order valence-corrected chi connectivity index (χ0v) is 9.03. The molecule has 3 nitrogen and oxygen atoms in total. The number of carbonyl (C=O) groups excluding carboxylic acids is 1. The van der Waals surface area contributed by atoms with E-state index >= 15 is 0 Å². The van der Waals surface area contributed by atoms with Gasteiger partial charge in [-0.15, -0.1) is 0 Å². The number of hydrogen-bond donors (Lipinski definition) is 1. The Balaban J connectivity index is 0.000000379. The molecule has 14 heavy (non-hydrogen) atoms. The van der Waals surface area contributed by atoms with Crippen LogP contribution in [0.4, 0.5) is 0 Å². The predicted molar refractivity (Wildman–Crippen MR) is 60.3 cm³/mol. The molecule has 0 radical (unpaired) electrons. The molecule has 0 saturated heterocycles. The number of aldehydes is 1. The van der Waals surface area contributed by atoms with E-state index in [0.717, 1.165) is 24.1 Å². The Morgan fingerprint density at radius 3 is 2.57 bits per heavy atom. The summed E-state index contributed by atoms with van der Waals surface area (Å²) in [5.41, 5.74) is 6.39. The molecule has 1 aromatic rings. The highest BCUT2D eigenvalue weighted by atomic mass is 16.1. The van der Waals surface area contributed by atoms with Crippen LogP contribution in [0.15, 0.2) is 18.3 Å². The van der Waals surface area contributed by atoms with Crippen molar-refractivity contribution in [1.29, 1.82) is 0 Å². The lowest BCUT2D eigenvalue weighted by Crippen LogP contribution is -1.87. The van der Waals surface area contributed by atoms with Crippen LogP contribution in [0.5, 0.6) is 0 Å². The van der Waals surface area contributed by atoms with Gasteiger partial charge in [0.05, 0.1) is 0 Å². The monoisotopic (exact) mass is 194 g/mol. The molecule has 0 bridgehead atoms. The standard InChI is InChI=1S/C8H7NO.C2H6.CH5N/c10-6-7-4-8-2-1-3-9(8)5-7;2*1-2/h1-2,4-6H,3H2;1-2H3;2H2,1H3. The summed E-state index contributed by atoms with van der Waals surface area (Å²) < 4.78 is 2.05. The second-order valence-corrected chi connectivity index (χ2v) is 2.37. The predicted octanol–water partition coefficient (Wildman–Crippen LogP) is 1.93. The molecule has 2 N–H and O–H groups in total. The van der Waals surface area contributed by atoms with Crippen molar-refractivity contribution >= 4 is 12.4 Å². The fourth-order valence-corrected chi connectivity index (χ4v) is 1.20. The SMILES string of the molecule is CC.CN.O=Cc1cc2n(c1)CC=C2. The van der Waals surface area contributed by atoms with E-state index in [1.165, 1.54) is 7.05 Å². The normalized spacial score (nSPS) is 10.6. The lowest BCUT2D eigenvalue weighted by molar-refractivity contribution is 0.112. The van der Waals surface area contributed by atoms with E-state index < -0.39 is 0 Å². The molecule has 78 valence electrons. The van der Waals surface area contributed by atoms with Crippen molar-refractivity contribution in [1.82, 2.24) is 4.57 Å². The summed E-state index contributed by atoms with van der Waals surface area (Å²) in [4.78, 5) is 10.3. The molecule has 1 aliphatic heterocycles. The molecule has 0 unspecified atom stereocenters. The lowest BCUT2D eigenvalue weighted by atomic mass is 10.3. The Kier molecular flexibility index (Phi) is 6.41. The van der Waals surface area contributed by atoms with Gasteiger partial charge in [0.1, 0.15) is 0 Å². The summed E-state index contributed by atoms with van der Waals surface area (Å²) >= 11 is 0. The molecule has 3 heteroatoms. The third kappa shape index (κ3) is 2.85. The van der Waals surface area contributed by atoms with Crippen molar-refractivity contribution in [2.45, 2.75) is 20.4 Å². The highest BCUT2D eigenvalue weighted by molar-refractivity contribution is 5.76. The van der Waals surface area contributed by atoms with Gasteiger partial charge in [0, 0.05) is 24.0 Å². The highest BCUT2D eigenvalue weighted by Crippen LogP contribution is 2.14. The van der Waals surface area contributed by atoms with Gasteiger partial charge in [0.15, 0.2) is 6.29 Å². The van der Waals surface area contributed by atoms with Gasteiger partial charge in [0.2, 0.25) is 0 Å². The van der Waals surface area contributed by atoms with E-state index in [2.05, 4.69) is 11.8 Å². The molecule has 0 amide bonds. The van der Waals surface area contributed by atoms with E-state index in [4.69, 9.17) is 0 Å². The van der Waals surface area contributed by atoms with Gasteiger partial charge in [0.25, 0.3) is 0 Å². The van der Waals surface area contributed by atoms with E-state index in [0.29, 0.717) is 0 Å². The minimum Gasteiger partial charge on any atom is -0.343 e. The Bertz CT molecular complexity index is 300. The third-order valence-corrected chi connectivity index (χ3v) is 1.68. The first-order valence-corrected chi connectivity index (χ1v) is 4.80. The van der Waals surface area contributed by atoms with Crippen LogP contribution >= 0.6 is 0 Å². The number of fused-ring (bicyclic) bond motifs is 1. The first-order chi connectivity index (χ1) is 6.90. The second kappa shape index (κ2) is 7.09. The van der Waals surface area contributed by atoms with Crippen LogP contribution in [-0.4, -0.2) is 17.9 Å². The average Bonchev–Trinajstić information content (AvgIpc) is 2.83. The van der Waals surface area contributed by atoms with Crippen molar-refractivity contribution in [3.05, 3.63) is 29.6 Å². The first-order valence-electron chi connectivity index (χ1n) is 4.80. The molecule has 0 aliphatic carbocycles. The topological polar surface area (TPSA) is 48.0 Å². The number of allylic oxidation sites excluding steroid dienone is 1. The van der Waals surface area contributed by atoms with E-state index in [1.807, 2.05) is 36.8 Å². The fourth-order valence-electron chi connectivity index (χ4n) is 1.20. The van der Waals surface area contributed by atoms with Crippen LogP contribution in [0, 0.1) is 0 Å². The van der Waals surface area contributed by atoms with E-state index in [1.54, 1.807) is 0 Å². The summed E-state index contributed by atoms with van der Waals surface area (Å²) in [6.07, 6.45) is 6.83. The minimum absolute atomic E-state index is 0.763. The molecule has 2 rings (SSSR count). The number of rotatable bonds is 1. The zero-order chi connectivity index (χ0) is 11.0. The number of nitrogens with two attached hydrogens (primary N) is 1. The number of hydrogen-bond acceptors (Lipinski definition) is 2. The average molecular weight is 194 g/mol.